The van der Waals surface area contributed by atoms with E-state index in [2.05, 4.69) is 6.58 Å². The molecule has 0 aliphatic heterocycles. The van der Waals surface area contributed by atoms with E-state index in [9.17, 15) is 14.3 Å². The van der Waals surface area contributed by atoms with Gasteiger partial charge in [0.25, 0.3) is 0 Å². The van der Waals surface area contributed by atoms with Crippen molar-refractivity contribution in [3.05, 3.63) is 95.8 Å². The van der Waals surface area contributed by atoms with E-state index in [1.807, 2.05) is 54.6 Å². The third kappa shape index (κ3) is 5.89. The molecule has 0 atom stereocenters. The summed E-state index contributed by atoms with van der Waals surface area (Å²) in [6.45, 7) is 5.55. The van der Waals surface area contributed by atoms with Crippen molar-refractivity contribution in [1.29, 1.82) is 0 Å². The molecule has 160 valence electrons. The van der Waals surface area contributed by atoms with Crippen LogP contribution in [0.3, 0.4) is 0 Å². The minimum Gasteiger partial charge on any atom is -0.462 e. The van der Waals surface area contributed by atoms with Crippen molar-refractivity contribution in [1.82, 2.24) is 0 Å². The zero-order valence-electron chi connectivity index (χ0n) is 17.7. The molecule has 0 heterocycles. The lowest BCUT2D eigenvalue weighted by Crippen LogP contribution is -2.09. The summed E-state index contributed by atoms with van der Waals surface area (Å²) in [5.41, 5.74) is 5.56. The van der Waals surface area contributed by atoms with Gasteiger partial charge in [-0.1, -0.05) is 67.2 Å². The molecule has 0 saturated heterocycles. The van der Waals surface area contributed by atoms with Crippen LogP contribution in [-0.4, -0.2) is 24.3 Å². The summed E-state index contributed by atoms with van der Waals surface area (Å²) in [6, 6.07) is 20.7. The highest BCUT2D eigenvalue weighted by atomic mass is 19.1. The van der Waals surface area contributed by atoms with E-state index >= 15 is 0 Å². The van der Waals surface area contributed by atoms with Crippen molar-refractivity contribution in [2.75, 3.05) is 13.2 Å². The quantitative estimate of drug-likeness (QED) is 0.356. The number of halogens is 1. The molecule has 0 aliphatic rings. The number of aryl methyl sites for hydroxylation is 1. The number of hydrogen-bond acceptors (Lipinski definition) is 3. The Hall–Kier alpha value is -3.24. The number of carbonyl (C=O) groups excluding carboxylic acids is 1. The number of benzene rings is 3. The molecule has 0 saturated carbocycles. The van der Waals surface area contributed by atoms with Crippen molar-refractivity contribution >= 4 is 5.97 Å². The van der Waals surface area contributed by atoms with E-state index < -0.39 is 5.97 Å². The predicted molar refractivity (Wildman–Crippen MR) is 122 cm³/mol. The lowest BCUT2D eigenvalue weighted by molar-refractivity contribution is -0.138. The number of hydrogen-bond donors (Lipinski definition) is 1. The first-order valence-electron chi connectivity index (χ1n) is 10.4. The number of esters is 1. The van der Waals surface area contributed by atoms with Gasteiger partial charge in [-0.2, -0.15) is 0 Å². The fraction of sp³-hybridized carbons (Fsp3) is 0.222. The normalized spacial score (nSPS) is 10.7. The van der Waals surface area contributed by atoms with Gasteiger partial charge in [-0.15, -0.1) is 0 Å². The molecule has 0 aromatic heterocycles. The van der Waals surface area contributed by atoms with Gasteiger partial charge in [0.05, 0.1) is 6.61 Å². The predicted octanol–water partition coefficient (Wildman–Crippen LogP) is 5.75. The minimum absolute atomic E-state index is 0.109. The molecule has 3 nitrogen and oxygen atoms in total. The molecular formula is C27H27FO3. The Morgan fingerprint density at radius 3 is 2.32 bits per heavy atom. The van der Waals surface area contributed by atoms with Crippen LogP contribution in [0.4, 0.5) is 4.39 Å². The zero-order chi connectivity index (χ0) is 22.2. The van der Waals surface area contributed by atoms with Crippen LogP contribution in [0.1, 0.15) is 24.5 Å². The molecule has 4 heteroatoms. The second-order valence-corrected chi connectivity index (χ2v) is 7.54. The first-order chi connectivity index (χ1) is 15.0. The summed E-state index contributed by atoms with van der Waals surface area (Å²) in [7, 11) is 0. The van der Waals surface area contributed by atoms with Crippen molar-refractivity contribution in [3.63, 3.8) is 0 Å². The molecule has 3 aromatic carbocycles. The van der Waals surface area contributed by atoms with Crippen LogP contribution in [-0.2, 0) is 22.4 Å². The van der Waals surface area contributed by atoms with Gasteiger partial charge < -0.3 is 9.84 Å². The van der Waals surface area contributed by atoms with E-state index in [1.54, 1.807) is 19.1 Å². The monoisotopic (exact) mass is 418 g/mol. The summed E-state index contributed by atoms with van der Waals surface area (Å²) >= 11 is 0. The molecule has 0 radical (unpaired) electrons. The van der Waals surface area contributed by atoms with Gasteiger partial charge in [0, 0.05) is 24.2 Å². The van der Waals surface area contributed by atoms with Gasteiger partial charge in [0.1, 0.15) is 5.82 Å². The standard InChI is InChI=1S/C27H27FO3/c1-19(2)27(30)31-16-14-24-17-22(11-10-20(24)9-6-15-29)23-12-13-25(26(28)18-23)21-7-4-3-5-8-21/h3-5,7-8,10-13,17-18,29H,1,6,9,14-16H2,2H3. The lowest BCUT2D eigenvalue weighted by Gasteiger charge is -2.13. The molecule has 0 aliphatic carbocycles. The number of aliphatic hydroxyl groups is 1. The maximum Gasteiger partial charge on any atom is 0.333 e. The number of aliphatic hydroxyl groups excluding tert-OH is 1. The maximum absolute atomic E-state index is 14.8. The van der Waals surface area contributed by atoms with E-state index in [1.165, 1.54) is 0 Å². The molecule has 0 amide bonds. The second-order valence-electron chi connectivity index (χ2n) is 7.54. The molecule has 1 N–H and O–H groups in total. The summed E-state index contributed by atoms with van der Waals surface area (Å²) in [5, 5.41) is 9.19. The first kappa shape index (κ1) is 22.4. The Balaban J connectivity index is 1.86. The Morgan fingerprint density at radius 1 is 0.935 bits per heavy atom. The van der Waals surface area contributed by atoms with Crippen LogP contribution < -0.4 is 0 Å². The Morgan fingerprint density at radius 2 is 1.65 bits per heavy atom. The van der Waals surface area contributed by atoms with Crippen LogP contribution in [0.2, 0.25) is 0 Å². The summed E-state index contributed by atoms with van der Waals surface area (Å²) < 4.78 is 20.1. The van der Waals surface area contributed by atoms with Crippen LogP contribution >= 0.6 is 0 Å². The van der Waals surface area contributed by atoms with Gasteiger partial charge >= 0.3 is 5.97 Å². The summed E-state index contributed by atoms with van der Waals surface area (Å²) in [4.78, 5) is 11.7. The van der Waals surface area contributed by atoms with Gasteiger partial charge in [-0.25, -0.2) is 9.18 Å². The Labute approximate surface area is 182 Å². The highest BCUT2D eigenvalue weighted by Crippen LogP contribution is 2.29. The molecule has 0 fully saturated rings. The van der Waals surface area contributed by atoms with E-state index in [4.69, 9.17) is 4.74 Å². The zero-order valence-corrected chi connectivity index (χ0v) is 17.7. The van der Waals surface area contributed by atoms with Gasteiger partial charge in [0.15, 0.2) is 0 Å². The molecule has 0 spiro atoms. The smallest absolute Gasteiger partial charge is 0.333 e. The van der Waals surface area contributed by atoms with Crippen LogP contribution in [0, 0.1) is 5.82 Å². The van der Waals surface area contributed by atoms with E-state index in [0.717, 1.165) is 34.2 Å². The summed E-state index contributed by atoms with van der Waals surface area (Å²) in [6.07, 6.45) is 1.92. The largest absolute Gasteiger partial charge is 0.462 e. The van der Waals surface area contributed by atoms with Crippen LogP contribution in [0.25, 0.3) is 22.3 Å². The van der Waals surface area contributed by atoms with Crippen molar-refractivity contribution in [2.24, 2.45) is 0 Å². The van der Waals surface area contributed by atoms with Crippen LogP contribution in [0.15, 0.2) is 78.9 Å². The molecule has 31 heavy (non-hydrogen) atoms. The average molecular weight is 419 g/mol. The SMILES string of the molecule is C=C(C)C(=O)OCCc1cc(-c2ccc(-c3ccccc3)c(F)c2)ccc1CCCO. The number of carbonyl (C=O) groups is 1. The minimum atomic E-state index is -0.411. The number of ether oxygens (including phenoxy) is 1. The molecule has 0 unspecified atom stereocenters. The molecule has 3 rings (SSSR count). The van der Waals surface area contributed by atoms with Crippen molar-refractivity contribution in [3.8, 4) is 22.3 Å². The average Bonchev–Trinajstić information content (AvgIpc) is 2.78. The Kier molecular flexibility index (Phi) is 7.74. The highest BCUT2D eigenvalue weighted by molar-refractivity contribution is 5.86. The van der Waals surface area contributed by atoms with Crippen molar-refractivity contribution < 1.29 is 19.0 Å². The first-order valence-corrected chi connectivity index (χ1v) is 10.4. The fourth-order valence-corrected chi connectivity index (χ4v) is 3.47. The third-order valence-corrected chi connectivity index (χ3v) is 5.15. The maximum atomic E-state index is 14.8. The van der Waals surface area contributed by atoms with Gasteiger partial charge in [-0.05, 0) is 53.6 Å². The fourth-order valence-electron chi connectivity index (χ4n) is 3.47. The topological polar surface area (TPSA) is 46.5 Å². The molecular weight excluding hydrogens is 391 g/mol. The lowest BCUT2D eigenvalue weighted by atomic mass is 9.94. The number of rotatable bonds is 9. The van der Waals surface area contributed by atoms with Crippen LogP contribution in [0.5, 0.6) is 0 Å². The highest BCUT2D eigenvalue weighted by Gasteiger charge is 2.11. The summed E-state index contributed by atoms with van der Waals surface area (Å²) in [5.74, 6) is -0.684. The van der Waals surface area contributed by atoms with E-state index in [0.29, 0.717) is 24.0 Å². The van der Waals surface area contributed by atoms with Gasteiger partial charge in [0.2, 0.25) is 0 Å². The molecule has 0 bridgehead atoms. The second kappa shape index (κ2) is 10.7. The Bertz CT molecular complexity index is 1060. The van der Waals surface area contributed by atoms with E-state index in [-0.39, 0.29) is 19.0 Å². The molecule has 3 aromatic rings. The van der Waals surface area contributed by atoms with Gasteiger partial charge in [-0.3, -0.25) is 0 Å². The van der Waals surface area contributed by atoms with Crippen molar-refractivity contribution in [2.45, 2.75) is 26.2 Å². The third-order valence-electron chi connectivity index (χ3n) is 5.15.